The number of thiophene rings is 1. The number of rotatable bonds is 8. The lowest BCUT2D eigenvalue weighted by atomic mass is 9.98. The third-order valence-corrected chi connectivity index (χ3v) is 8.32. The van der Waals surface area contributed by atoms with Gasteiger partial charge in [-0.2, -0.15) is 4.31 Å². The molecule has 8 nitrogen and oxygen atoms in total. The van der Waals surface area contributed by atoms with Crippen LogP contribution in [0.25, 0.3) is 0 Å². The Morgan fingerprint density at radius 1 is 1.17 bits per heavy atom. The number of piperidine rings is 1. The van der Waals surface area contributed by atoms with E-state index in [1.165, 1.54) is 37.0 Å². The highest BCUT2D eigenvalue weighted by molar-refractivity contribution is 7.91. The van der Waals surface area contributed by atoms with Crippen LogP contribution in [0.4, 0.5) is 0 Å². The first-order chi connectivity index (χ1) is 14.4. The fourth-order valence-electron chi connectivity index (χ4n) is 3.54. The number of hydrogen-bond acceptors (Lipinski definition) is 7. The molecule has 0 aliphatic carbocycles. The topological polar surface area (TPSA) is 94.2 Å². The van der Waals surface area contributed by atoms with Gasteiger partial charge in [0.25, 0.3) is 10.0 Å². The van der Waals surface area contributed by atoms with E-state index in [1.807, 2.05) is 0 Å². The Kier molecular flexibility index (Phi) is 7.22. The van der Waals surface area contributed by atoms with Crippen molar-refractivity contribution in [3.8, 4) is 17.2 Å². The Labute approximate surface area is 180 Å². The van der Waals surface area contributed by atoms with Crippen molar-refractivity contribution in [3.05, 3.63) is 35.2 Å². The molecular formula is C20H26N2O6S2. The molecule has 1 atom stereocenters. The SMILES string of the molecule is COc1ccc(CNC(=O)[C@H]2CCCN(S(=O)(=O)c3cccs3)C2)c(OC)c1OC. The summed E-state index contributed by atoms with van der Waals surface area (Å²) in [7, 11) is 1.03. The van der Waals surface area contributed by atoms with Crippen molar-refractivity contribution < 1.29 is 27.4 Å². The Morgan fingerprint density at radius 2 is 1.93 bits per heavy atom. The predicted molar refractivity (Wildman–Crippen MR) is 114 cm³/mol. The van der Waals surface area contributed by atoms with Crippen LogP contribution in [-0.2, 0) is 21.4 Å². The molecule has 1 N–H and O–H groups in total. The molecule has 0 unspecified atom stereocenters. The smallest absolute Gasteiger partial charge is 0.252 e. The van der Waals surface area contributed by atoms with Gasteiger partial charge in [0.15, 0.2) is 11.5 Å². The molecule has 0 saturated carbocycles. The van der Waals surface area contributed by atoms with E-state index in [4.69, 9.17) is 14.2 Å². The summed E-state index contributed by atoms with van der Waals surface area (Å²) in [5.41, 5.74) is 0.738. The minimum Gasteiger partial charge on any atom is -0.493 e. The number of methoxy groups -OCH3 is 3. The second-order valence-corrected chi connectivity index (χ2v) is 9.96. The molecule has 1 aromatic carbocycles. The van der Waals surface area contributed by atoms with Gasteiger partial charge < -0.3 is 19.5 Å². The normalized spacial score (nSPS) is 17.4. The average molecular weight is 455 g/mol. The van der Waals surface area contributed by atoms with Gasteiger partial charge in [-0.3, -0.25) is 4.79 Å². The van der Waals surface area contributed by atoms with E-state index in [0.717, 1.165) is 5.56 Å². The van der Waals surface area contributed by atoms with Crippen LogP contribution < -0.4 is 19.5 Å². The lowest BCUT2D eigenvalue weighted by Crippen LogP contribution is -2.45. The van der Waals surface area contributed by atoms with Crippen LogP contribution in [0.3, 0.4) is 0 Å². The molecule has 10 heteroatoms. The molecule has 3 rings (SSSR count). The Bertz CT molecular complexity index is 975. The molecule has 0 spiro atoms. The molecule has 1 aliphatic heterocycles. The Morgan fingerprint density at radius 3 is 2.57 bits per heavy atom. The summed E-state index contributed by atoms with van der Waals surface area (Å²) >= 11 is 1.19. The molecule has 1 saturated heterocycles. The minimum atomic E-state index is -3.56. The van der Waals surface area contributed by atoms with Crippen molar-refractivity contribution in [1.29, 1.82) is 0 Å². The second kappa shape index (κ2) is 9.67. The molecule has 1 amide bonds. The summed E-state index contributed by atoms with van der Waals surface area (Å²) in [5.74, 6) is 0.893. The van der Waals surface area contributed by atoms with Crippen LogP contribution in [0.5, 0.6) is 17.2 Å². The van der Waals surface area contributed by atoms with E-state index in [9.17, 15) is 13.2 Å². The lowest BCUT2D eigenvalue weighted by molar-refractivity contribution is -0.126. The quantitative estimate of drug-likeness (QED) is 0.659. The summed E-state index contributed by atoms with van der Waals surface area (Å²) in [4.78, 5) is 12.8. The molecule has 0 radical (unpaired) electrons. The fraction of sp³-hybridized carbons (Fsp3) is 0.450. The van der Waals surface area contributed by atoms with Crippen molar-refractivity contribution in [2.75, 3.05) is 34.4 Å². The zero-order valence-electron chi connectivity index (χ0n) is 17.2. The molecule has 1 fully saturated rings. The first-order valence-electron chi connectivity index (χ1n) is 9.51. The van der Waals surface area contributed by atoms with Gasteiger partial charge in [0.1, 0.15) is 4.21 Å². The fourth-order valence-corrected chi connectivity index (χ4v) is 6.21. The maximum absolute atomic E-state index is 12.8. The first-order valence-corrected chi connectivity index (χ1v) is 11.8. The zero-order valence-corrected chi connectivity index (χ0v) is 18.8. The number of ether oxygens (including phenoxy) is 3. The van der Waals surface area contributed by atoms with Crippen molar-refractivity contribution in [1.82, 2.24) is 9.62 Å². The average Bonchev–Trinajstić information content (AvgIpc) is 3.32. The summed E-state index contributed by atoms with van der Waals surface area (Å²) in [6.45, 7) is 0.833. The number of carbonyl (C=O) groups is 1. The number of sulfonamides is 1. The van der Waals surface area contributed by atoms with Gasteiger partial charge in [0.05, 0.1) is 27.2 Å². The van der Waals surface area contributed by atoms with Gasteiger partial charge in [0, 0.05) is 25.2 Å². The maximum atomic E-state index is 12.8. The van der Waals surface area contributed by atoms with Crippen LogP contribution in [-0.4, -0.2) is 53.0 Å². The molecule has 2 heterocycles. The lowest BCUT2D eigenvalue weighted by Gasteiger charge is -2.30. The van der Waals surface area contributed by atoms with Crippen molar-refractivity contribution >= 4 is 27.3 Å². The van der Waals surface area contributed by atoms with E-state index < -0.39 is 15.9 Å². The summed E-state index contributed by atoms with van der Waals surface area (Å²) in [6, 6.07) is 6.85. The van der Waals surface area contributed by atoms with Gasteiger partial charge in [0.2, 0.25) is 11.7 Å². The predicted octanol–water partition coefficient (Wildman–Crippen LogP) is 2.49. The first kappa shape index (κ1) is 22.4. The highest BCUT2D eigenvalue weighted by atomic mass is 32.2. The van der Waals surface area contributed by atoms with E-state index >= 15 is 0 Å². The summed E-state index contributed by atoms with van der Waals surface area (Å²) < 4.78 is 43.4. The van der Waals surface area contributed by atoms with Gasteiger partial charge in [-0.05, 0) is 36.4 Å². The van der Waals surface area contributed by atoms with Crippen molar-refractivity contribution in [2.24, 2.45) is 5.92 Å². The van der Waals surface area contributed by atoms with Crippen molar-refractivity contribution in [2.45, 2.75) is 23.6 Å². The molecule has 164 valence electrons. The standard InChI is InChI=1S/C20H26N2O6S2/c1-26-16-9-8-14(18(27-2)19(16)28-3)12-21-20(23)15-6-4-10-22(13-15)30(24,25)17-7-5-11-29-17/h5,7-9,11,15H,4,6,10,12-13H2,1-3H3,(H,21,23)/t15-/m0/s1. The van der Waals surface area contributed by atoms with Gasteiger partial charge in [-0.25, -0.2) is 8.42 Å². The van der Waals surface area contributed by atoms with Gasteiger partial charge >= 0.3 is 0 Å². The molecule has 1 aliphatic rings. The number of benzene rings is 1. The minimum absolute atomic E-state index is 0.176. The van der Waals surface area contributed by atoms with Crippen LogP contribution in [0.15, 0.2) is 33.9 Å². The molecule has 2 aromatic rings. The largest absolute Gasteiger partial charge is 0.493 e. The monoisotopic (exact) mass is 454 g/mol. The van der Waals surface area contributed by atoms with Crippen LogP contribution in [0, 0.1) is 5.92 Å². The van der Waals surface area contributed by atoms with Gasteiger partial charge in [-0.1, -0.05) is 6.07 Å². The molecular weight excluding hydrogens is 428 g/mol. The van der Waals surface area contributed by atoms with E-state index in [-0.39, 0.29) is 19.0 Å². The number of nitrogens with zero attached hydrogens (tertiary/aromatic N) is 1. The van der Waals surface area contributed by atoms with Crippen molar-refractivity contribution in [3.63, 3.8) is 0 Å². The molecule has 0 bridgehead atoms. The van der Waals surface area contributed by atoms with Crippen LogP contribution >= 0.6 is 11.3 Å². The van der Waals surface area contributed by atoms with Gasteiger partial charge in [-0.15, -0.1) is 11.3 Å². The van der Waals surface area contributed by atoms with E-state index in [0.29, 0.717) is 40.8 Å². The Hall–Kier alpha value is -2.30. The third kappa shape index (κ3) is 4.55. The van der Waals surface area contributed by atoms with E-state index in [2.05, 4.69) is 5.32 Å². The zero-order chi connectivity index (χ0) is 21.7. The number of hydrogen-bond donors (Lipinski definition) is 1. The highest BCUT2D eigenvalue weighted by Gasteiger charge is 2.33. The number of nitrogens with one attached hydrogen (secondary N) is 1. The molecule has 30 heavy (non-hydrogen) atoms. The number of carbonyl (C=O) groups excluding carboxylic acids is 1. The number of amides is 1. The Balaban J connectivity index is 1.68. The second-order valence-electron chi connectivity index (χ2n) is 6.85. The summed E-state index contributed by atoms with van der Waals surface area (Å²) in [5, 5.41) is 4.64. The maximum Gasteiger partial charge on any atom is 0.252 e. The summed E-state index contributed by atoms with van der Waals surface area (Å²) in [6.07, 6.45) is 1.29. The van der Waals surface area contributed by atoms with Crippen LogP contribution in [0.1, 0.15) is 18.4 Å². The molecule has 1 aromatic heterocycles. The highest BCUT2D eigenvalue weighted by Crippen LogP contribution is 2.39. The van der Waals surface area contributed by atoms with E-state index in [1.54, 1.807) is 29.6 Å². The van der Waals surface area contributed by atoms with Crippen LogP contribution in [0.2, 0.25) is 0 Å². The third-order valence-electron chi connectivity index (χ3n) is 5.08.